The third-order valence-electron chi connectivity index (χ3n) is 3.15. The molecule has 0 saturated carbocycles. The molecule has 1 aromatic heterocycles. The molecule has 120 valence electrons. The monoisotopic (exact) mass is 303 g/mol. The number of aromatic hydroxyl groups is 1. The molecule has 0 amide bonds. The zero-order valence-corrected chi connectivity index (χ0v) is 13.5. The molecule has 1 heterocycles. The van der Waals surface area contributed by atoms with E-state index in [1.807, 2.05) is 25.1 Å². The van der Waals surface area contributed by atoms with E-state index >= 15 is 0 Å². The highest BCUT2D eigenvalue weighted by atomic mass is 16.3. The molecule has 22 heavy (non-hydrogen) atoms. The van der Waals surface area contributed by atoms with Crippen molar-refractivity contribution < 1.29 is 5.11 Å². The lowest BCUT2D eigenvalue weighted by atomic mass is 10.2. The number of hydrogen-bond donors (Lipinski definition) is 2. The molecule has 5 nitrogen and oxygen atoms in total. The molecule has 0 aliphatic rings. The van der Waals surface area contributed by atoms with E-state index in [9.17, 15) is 9.90 Å². The SMILES string of the molecule is C=C/C=C\C=C/Nc1c(C)cc(=O)n(CCCN(C)C)c1O. The van der Waals surface area contributed by atoms with Crippen LogP contribution in [0.25, 0.3) is 0 Å². The molecule has 0 atom stereocenters. The number of nitrogens with zero attached hydrogens (tertiary/aromatic N) is 2. The van der Waals surface area contributed by atoms with Gasteiger partial charge in [-0.15, -0.1) is 0 Å². The number of pyridine rings is 1. The van der Waals surface area contributed by atoms with Crippen LogP contribution in [-0.2, 0) is 6.54 Å². The van der Waals surface area contributed by atoms with Crippen molar-refractivity contribution in [3.05, 3.63) is 59.1 Å². The molecule has 0 spiro atoms. The van der Waals surface area contributed by atoms with Crippen molar-refractivity contribution >= 4 is 5.69 Å². The van der Waals surface area contributed by atoms with E-state index in [0.29, 0.717) is 17.8 Å². The van der Waals surface area contributed by atoms with Crippen LogP contribution >= 0.6 is 0 Å². The average Bonchev–Trinajstić information content (AvgIpc) is 2.45. The number of aromatic nitrogens is 1. The van der Waals surface area contributed by atoms with E-state index in [1.165, 1.54) is 10.6 Å². The van der Waals surface area contributed by atoms with E-state index in [4.69, 9.17) is 0 Å². The lowest BCUT2D eigenvalue weighted by Gasteiger charge is -2.15. The van der Waals surface area contributed by atoms with Gasteiger partial charge >= 0.3 is 0 Å². The topological polar surface area (TPSA) is 57.5 Å². The summed E-state index contributed by atoms with van der Waals surface area (Å²) in [6.07, 6.45) is 9.59. The Morgan fingerprint density at radius 1 is 1.36 bits per heavy atom. The minimum absolute atomic E-state index is 0.0268. The number of hydrogen-bond acceptors (Lipinski definition) is 4. The highest BCUT2D eigenvalue weighted by molar-refractivity contribution is 5.59. The van der Waals surface area contributed by atoms with Gasteiger partial charge in [0.15, 0.2) is 0 Å². The quantitative estimate of drug-likeness (QED) is 0.724. The van der Waals surface area contributed by atoms with Gasteiger partial charge in [0, 0.05) is 18.8 Å². The highest BCUT2D eigenvalue weighted by Gasteiger charge is 2.11. The van der Waals surface area contributed by atoms with Crippen LogP contribution in [0.4, 0.5) is 5.69 Å². The van der Waals surface area contributed by atoms with Crippen LogP contribution in [0.2, 0.25) is 0 Å². The van der Waals surface area contributed by atoms with Crippen molar-refractivity contribution in [2.45, 2.75) is 19.9 Å². The molecular formula is C17H25N3O2. The number of allylic oxidation sites excluding steroid dienone is 4. The Morgan fingerprint density at radius 2 is 2.09 bits per heavy atom. The smallest absolute Gasteiger partial charge is 0.253 e. The summed E-state index contributed by atoms with van der Waals surface area (Å²) in [6, 6.07) is 1.53. The second-order valence-corrected chi connectivity index (χ2v) is 5.30. The standard InChI is InChI=1S/C17H25N3O2/c1-5-6-7-8-10-18-16-14(2)13-15(21)20(17(16)22)12-9-11-19(3)4/h5-8,10,13,18,22H,1,9,11-12H2,2-4H3/b7-6-,10-8-. The maximum atomic E-state index is 12.0. The fourth-order valence-electron chi connectivity index (χ4n) is 2.02. The third-order valence-corrected chi connectivity index (χ3v) is 3.15. The Hall–Kier alpha value is -2.27. The second-order valence-electron chi connectivity index (χ2n) is 5.30. The maximum absolute atomic E-state index is 12.0. The lowest BCUT2D eigenvalue weighted by molar-refractivity contribution is 0.362. The predicted molar refractivity (Wildman–Crippen MR) is 92.4 cm³/mol. The minimum atomic E-state index is -0.185. The van der Waals surface area contributed by atoms with Crippen LogP contribution in [0.5, 0.6) is 5.88 Å². The van der Waals surface area contributed by atoms with Crippen molar-refractivity contribution in [1.29, 1.82) is 0 Å². The molecule has 0 aliphatic heterocycles. The Labute approximate surface area is 131 Å². The maximum Gasteiger partial charge on any atom is 0.253 e. The first kappa shape index (κ1) is 17.8. The molecule has 1 aromatic rings. The number of anilines is 1. The van der Waals surface area contributed by atoms with Crippen molar-refractivity contribution in [3.63, 3.8) is 0 Å². The molecule has 0 aromatic carbocycles. The van der Waals surface area contributed by atoms with Gasteiger partial charge in [0.05, 0.1) is 0 Å². The summed E-state index contributed by atoms with van der Waals surface area (Å²) in [4.78, 5) is 14.1. The van der Waals surface area contributed by atoms with Gasteiger partial charge < -0.3 is 15.3 Å². The minimum Gasteiger partial charge on any atom is -0.493 e. The summed E-state index contributed by atoms with van der Waals surface area (Å²) >= 11 is 0. The first-order chi connectivity index (χ1) is 10.5. The molecule has 0 unspecified atom stereocenters. The summed E-state index contributed by atoms with van der Waals surface area (Å²) in [5.74, 6) is -0.0268. The van der Waals surface area contributed by atoms with E-state index in [0.717, 1.165) is 13.0 Å². The largest absolute Gasteiger partial charge is 0.493 e. The van der Waals surface area contributed by atoms with E-state index < -0.39 is 0 Å². The van der Waals surface area contributed by atoms with Crippen LogP contribution in [-0.4, -0.2) is 35.2 Å². The van der Waals surface area contributed by atoms with Crippen LogP contribution in [0.1, 0.15) is 12.0 Å². The van der Waals surface area contributed by atoms with Crippen molar-refractivity contribution in [1.82, 2.24) is 9.47 Å². The molecule has 2 N–H and O–H groups in total. The first-order valence-electron chi connectivity index (χ1n) is 7.26. The van der Waals surface area contributed by atoms with E-state index in [1.54, 1.807) is 31.4 Å². The fraction of sp³-hybridized carbons (Fsp3) is 0.353. The van der Waals surface area contributed by atoms with Gasteiger partial charge in [0.2, 0.25) is 5.88 Å². The number of nitrogens with one attached hydrogen (secondary N) is 1. The summed E-state index contributed by atoms with van der Waals surface area (Å²) < 4.78 is 1.40. The van der Waals surface area contributed by atoms with Crippen molar-refractivity contribution in [2.24, 2.45) is 0 Å². The molecule has 0 bridgehead atoms. The zero-order valence-electron chi connectivity index (χ0n) is 13.5. The number of aryl methyl sites for hydroxylation is 1. The fourth-order valence-corrected chi connectivity index (χ4v) is 2.02. The van der Waals surface area contributed by atoms with Gasteiger partial charge in [-0.05, 0) is 45.6 Å². The van der Waals surface area contributed by atoms with Crippen molar-refractivity contribution in [3.8, 4) is 5.88 Å². The van der Waals surface area contributed by atoms with Gasteiger partial charge in [-0.3, -0.25) is 9.36 Å². The summed E-state index contributed by atoms with van der Waals surface area (Å²) in [5.41, 5.74) is 1.08. The van der Waals surface area contributed by atoms with Crippen LogP contribution < -0.4 is 10.9 Å². The normalized spacial score (nSPS) is 11.6. The van der Waals surface area contributed by atoms with E-state index in [-0.39, 0.29) is 11.4 Å². The number of rotatable bonds is 8. The van der Waals surface area contributed by atoms with Gasteiger partial charge in [0.25, 0.3) is 5.56 Å². The van der Waals surface area contributed by atoms with Gasteiger partial charge in [-0.1, -0.05) is 24.8 Å². The summed E-state index contributed by atoms with van der Waals surface area (Å²) in [7, 11) is 3.96. The highest BCUT2D eigenvalue weighted by Crippen LogP contribution is 2.25. The second kappa shape index (κ2) is 8.89. The molecule has 0 radical (unpaired) electrons. The van der Waals surface area contributed by atoms with Gasteiger partial charge in [-0.2, -0.15) is 0 Å². The summed E-state index contributed by atoms with van der Waals surface area (Å²) in [5, 5.41) is 13.4. The van der Waals surface area contributed by atoms with Crippen molar-refractivity contribution in [2.75, 3.05) is 26.0 Å². The first-order valence-corrected chi connectivity index (χ1v) is 7.26. The van der Waals surface area contributed by atoms with Crippen LogP contribution in [0.15, 0.2) is 47.9 Å². The van der Waals surface area contributed by atoms with Crippen LogP contribution in [0, 0.1) is 6.92 Å². The molecule has 5 heteroatoms. The molecular weight excluding hydrogens is 278 g/mol. The third kappa shape index (κ3) is 5.26. The van der Waals surface area contributed by atoms with Crippen LogP contribution in [0.3, 0.4) is 0 Å². The molecule has 0 aliphatic carbocycles. The predicted octanol–water partition coefficient (Wildman–Crippen LogP) is 2.48. The zero-order chi connectivity index (χ0) is 16.5. The Balaban J connectivity index is 2.93. The summed E-state index contributed by atoms with van der Waals surface area (Å²) in [6.45, 7) is 6.72. The van der Waals surface area contributed by atoms with Gasteiger partial charge in [-0.25, -0.2) is 0 Å². The Kier molecular flexibility index (Phi) is 7.19. The molecule has 0 fully saturated rings. The van der Waals surface area contributed by atoms with E-state index in [2.05, 4.69) is 11.9 Å². The molecule has 0 saturated heterocycles. The van der Waals surface area contributed by atoms with Gasteiger partial charge in [0.1, 0.15) is 5.69 Å². The molecule has 1 rings (SSSR count). The Bertz CT molecular complexity index is 613. The lowest BCUT2D eigenvalue weighted by Crippen LogP contribution is -2.23. The Morgan fingerprint density at radius 3 is 2.73 bits per heavy atom. The average molecular weight is 303 g/mol.